The lowest BCUT2D eigenvalue weighted by Crippen LogP contribution is -2.36. The van der Waals surface area contributed by atoms with Gasteiger partial charge >= 0.3 is 6.03 Å². The summed E-state index contributed by atoms with van der Waals surface area (Å²) in [7, 11) is 4.01. The molecule has 0 radical (unpaired) electrons. The highest BCUT2D eigenvalue weighted by Crippen LogP contribution is 2.27. The number of nitrogens with zero attached hydrogens (tertiary/aromatic N) is 2. The number of ether oxygens (including phenoxy) is 1. The number of rotatable bonds is 2. The predicted molar refractivity (Wildman–Crippen MR) is 102 cm³/mol. The smallest absolute Gasteiger partial charge is 0.322 e. The summed E-state index contributed by atoms with van der Waals surface area (Å²) in [6.07, 6.45) is 0. The van der Waals surface area contributed by atoms with Crippen molar-refractivity contribution in [1.29, 1.82) is 0 Å². The Morgan fingerprint density at radius 1 is 1.12 bits per heavy atom. The first-order valence-corrected chi connectivity index (χ1v) is 8.50. The van der Waals surface area contributed by atoms with Crippen LogP contribution in [0.1, 0.15) is 16.7 Å². The molecule has 0 saturated carbocycles. The van der Waals surface area contributed by atoms with Gasteiger partial charge in [0.2, 0.25) is 0 Å². The Kier molecular flexibility index (Phi) is 4.83. The number of aryl methyl sites for hydroxylation is 2. The second-order valence-corrected chi connectivity index (χ2v) is 6.69. The Hall–Kier alpha value is -2.69. The van der Waals surface area contributed by atoms with Crippen molar-refractivity contribution < 1.29 is 9.53 Å². The third-order valence-electron chi connectivity index (χ3n) is 4.59. The molecule has 1 heterocycles. The summed E-state index contributed by atoms with van der Waals surface area (Å²) >= 11 is 0. The van der Waals surface area contributed by atoms with E-state index in [1.165, 1.54) is 5.56 Å². The van der Waals surface area contributed by atoms with E-state index in [4.69, 9.17) is 4.74 Å². The lowest BCUT2D eigenvalue weighted by atomic mass is 10.1. The van der Waals surface area contributed by atoms with Gasteiger partial charge in [-0.1, -0.05) is 6.07 Å². The van der Waals surface area contributed by atoms with Crippen molar-refractivity contribution in [2.75, 3.05) is 37.5 Å². The number of nitrogens with one attached hydrogen (secondary N) is 1. The molecule has 0 spiro atoms. The Morgan fingerprint density at radius 2 is 1.92 bits per heavy atom. The van der Waals surface area contributed by atoms with Crippen LogP contribution in [0.5, 0.6) is 5.75 Å². The Balaban J connectivity index is 1.77. The van der Waals surface area contributed by atoms with Crippen LogP contribution in [0, 0.1) is 13.8 Å². The summed E-state index contributed by atoms with van der Waals surface area (Å²) in [4.78, 5) is 16.5. The van der Waals surface area contributed by atoms with Gasteiger partial charge in [0.25, 0.3) is 0 Å². The summed E-state index contributed by atoms with van der Waals surface area (Å²) in [5.41, 5.74) is 5.32. The molecule has 1 aliphatic heterocycles. The lowest BCUT2D eigenvalue weighted by Gasteiger charge is -2.21. The first-order chi connectivity index (χ1) is 11.9. The van der Waals surface area contributed by atoms with Gasteiger partial charge in [-0.15, -0.1) is 0 Å². The van der Waals surface area contributed by atoms with Crippen LogP contribution in [0.2, 0.25) is 0 Å². The van der Waals surface area contributed by atoms with Gasteiger partial charge in [0.1, 0.15) is 12.4 Å². The molecule has 25 heavy (non-hydrogen) atoms. The van der Waals surface area contributed by atoms with E-state index in [0.29, 0.717) is 19.7 Å². The molecule has 0 fully saturated rings. The maximum atomic E-state index is 12.7. The van der Waals surface area contributed by atoms with Crippen molar-refractivity contribution in [2.45, 2.75) is 20.4 Å². The average molecular weight is 339 g/mol. The zero-order chi connectivity index (χ0) is 18.0. The number of carbonyl (C=O) groups is 1. The molecule has 0 aliphatic carbocycles. The van der Waals surface area contributed by atoms with Crippen LogP contribution in [-0.2, 0) is 6.54 Å². The summed E-state index contributed by atoms with van der Waals surface area (Å²) in [6.45, 7) is 5.70. The van der Waals surface area contributed by atoms with E-state index in [1.807, 2.05) is 56.3 Å². The zero-order valence-corrected chi connectivity index (χ0v) is 15.3. The van der Waals surface area contributed by atoms with Gasteiger partial charge in [-0.05, 0) is 55.3 Å². The van der Waals surface area contributed by atoms with Crippen LogP contribution in [-0.4, -0.2) is 38.2 Å². The standard InChI is InChI=1S/C20H25N3O2/c1-14-5-6-17(11-15(14)2)21-20(24)23-9-10-25-19-8-7-18(22(3)4)12-16(19)13-23/h5-8,11-12H,9-10,13H2,1-4H3,(H,21,24). The molecule has 0 aromatic heterocycles. The minimum absolute atomic E-state index is 0.102. The van der Waals surface area contributed by atoms with Crippen LogP contribution in [0.15, 0.2) is 36.4 Å². The van der Waals surface area contributed by atoms with Crippen molar-refractivity contribution in [3.05, 3.63) is 53.1 Å². The maximum absolute atomic E-state index is 12.7. The SMILES string of the molecule is Cc1ccc(NC(=O)N2CCOc3ccc(N(C)C)cc3C2)cc1C. The molecule has 0 bridgehead atoms. The van der Waals surface area contributed by atoms with E-state index < -0.39 is 0 Å². The van der Waals surface area contributed by atoms with Crippen LogP contribution >= 0.6 is 0 Å². The fourth-order valence-electron chi connectivity index (χ4n) is 2.85. The first kappa shape index (κ1) is 17.1. The van der Waals surface area contributed by atoms with Crippen molar-refractivity contribution in [2.24, 2.45) is 0 Å². The van der Waals surface area contributed by atoms with Crippen molar-refractivity contribution in [3.8, 4) is 5.75 Å². The molecule has 1 aliphatic rings. The molecule has 5 nitrogen and oxygen atoms in total. The summed E-state index contributed by atoms with van der Waals surface area (Å²) < 4.78 is 5.81. The van der Waals surface area contributed by atoms with Crippen LogP contribution in [0.4, 0.5) is 16.2 Å². The highest BCUT2D eigenvalue weighted by atomic mass is 16.5. The number of anilines is 2. The number of benzene rings is 2. The topological polar surface area (TPSA) is 44.8 Å². The van der Waals surface area contributed by atoms with E-state index in [9.17, 15) is 4.79 Å². The zero-order valence-electron chi connectivity index (χ0n) is 15.3. The number of hydrogen-bond donors (Lipinski definition) is 1. The van der Waals surface area contributed by atoms with E-state index in [-0.39, 0.29) is 6.03 Å². The average Bonchev–Trinajstić information content (AvgIpc) is 2.79. The third-order valence-corrected chi connectivity index (χ3v) is 4.59. The molecule has 0 saturated heterocycles. The minimum atomic E-state index is -0.102. The quantitative estimate of drug-likeness (QED) is 0.905. The molecule has 132 valence electrons. The molecule has 5 heteroatoms. The van der Waals surface area contributed by atoms with Gasteiger partial charge in [0.05, 0.1) is 13.1 Å². The van der Waals surface area contributed by atoms with Gasteiger partial charge in [-0.25, -0.2) is 4.79 Å². The highest BCUT2D eigenvalue weighted by Gasteiger charge is 2.20. The number of hydrogen-bond acceptors (Lipinski definition) is 3. The summed E-state index contributed by atoms with van der Waals surface area (Å²) in [5.74, 6) is 0.854. The molecule has 0 unspecified atom stereocenters. The highest BCUT2D eigenvalue weighted by molar-refractivity contribution is 5.89. The molecule has 2 aromatic carbocycles. The molecule has 2 aromatic rings. The Labute approximate surface area is 149 Å². The van der Waals surface area contributed by atoms with E-state index in [2.05, 4.69) is 18.3 Å². The fraction of sp³-hybridized carbons (Fsp3) is 0.350. The van der Waals surface area contributed by atoms with Gasteiger partial charge in [-0.2, -0.15) is 0 Å². The minimum Gasteiger partial charge on any atom is -0.491 e. The molecular weight excluding hydrogens is 314 g/mol. The monoisotopic (exact) mass is 339 g/mol. The second kappa shape index (κ2) is 7.05. The van der Waals surface area contributed by atoms with Crippen LogP contribution < -0.4 is 15.0 Å². The first-order valence-electron chi connectivity index (χ1n) is 8.50. The second-order valence-electron chi connectivity index (χ2n) is 6.69. The number of amides is 2. The van der Waals surface area contributed by atoms with E-state index in [0.717, 1.165) is 28.3 Å². The van der Waals surface area contributed by atoms with Gasteiger partial charge < -0.3 is 19.9 Å². The van der Waals surface area contributed by atoms with Gasteiger partial charge in [-0.3, -0.25) is 0 Å². The summed E-state index contributed by atoms with van der Waals surface area (Å²) in [5, 5.41) is 3.00. The molecule has 3 rings (SSSR count). The van der Waals surface area contributed by atoms with E-state index >= 15 is 0 Å². The Morgan fingerprint density at radius 3 is 2.64 bits per heavy atom. The molecular formula is C20H25N3O2. The van der Waals surface area contributed by atoms with Crippen molar-refractivity contribution in [1.82, 2.24) is 4.90 Å². The summed E-state index contributed by atoms with van der Waals surface area (Å²) in [6, 6.07) is 12.0. The molecule has 2 amide bonds. The van der Waals surface area contributed by atoms with Gasteiger partial charge in [0.15, 0.2) is 0 Å². The largest absolute Gasteiger partial charge is 0.491 e. The van der Waals surface area contributed by atoms with Crippen LogP contribution in [0.25, 0.3) is 0 Å². The lowest BCUT2D eigenvalue weighted by molar-refractivity contribution is 0.200. The maximum Gasteiger partial charge on any atom is 0.322 e. The third kappa shape index (κ3) is 3.87. The number of urea groups is 1. The number of fused-ring (bicyclic) bond motifs is 1. The fourth-order valence-corrected chi connectivity index (χ4v) is 2.85. The van der Waals surface area contributed by atoms with Gasteiger partial charge in [0, 0.05) is 31.0 Å². The van der Waals surface area contributed by atoms with Crippen LogP contribution in [0.3, 0.4) is 0 Å². The normalized spacial score (nSPS) is 13.5. The van der Waals surface area contributed by atoms with Crippen molar-refractivity contribution >= 4 is 17.4 Å². The van der Waals surface area contributed by atoms with E-state index in [1.54, 1.807) is 4.90 Å². The Bertz CT molecular complexity index is 787. The molecule has 1 N–H and O–H groups in total. The number of carbonyl (C=O) groups excluding carboxylic acids is 1. The molecule has 0 atom stereocenters. The predicted octanol–water partition coefficient (Wildman–Crippen LogP) is 3.80. The van der Waals surface area contributed by atoms with Crippen molar-refractivity contribution in [3.63, 3.8) is 0 Å².